The van der Waals surface area contributed by atoms with E-state index >= 15 is 0 Å². The lowest BCUT2D eigenvalue weighted by Gasteiger charge is -2.14. The Morgan fingerprint density at radius 1 is 1.03 bits per heavy atom. The molecule has 1 aromatic heterocycles. The number of methoxy groups -OCH3 is 1. The maximum atomic E-state index is 12.8. The topological polar surface area (TPSA) is 114 Å². The van der Waals surface area contributed by atoms with E-state index in [0.29, 0.717) is 10.6 Å². The molecule has 174 valence electrons. The molecule has 0 atom stereocenters. The number of thiophene rings is 1. The number of carbonyl (C=O) groups excluding carboxylic acids is 2. The quantitative estimate of drug-likeness (QED) is 0.397. The first-order chi connectivity index (χ1) is 15.6. The van der Waals surface area contributed by atoms with Crippen molar-refractivity contribution in [2.45, 2.75) is 11.8 Å². The van der Waals surface area contributed by atoms with Crippen LogP contribution in [0.4, 0.5) is 11.4 Å². The Kier molecular flexibility index (Phi) is 7.85. The van der Waals surface area contributed by atoms with Crippen molar-refractivity contribution < 1.29 is 22.7 Å². The maximum absolute atomic E-state index is 12.8. The molecular weight excluding hydrogens is 509 g/mol. The van der Waals surface area contributed by atoms with Gasteiger partial charge in [-0.1, -0.05) is 23.2 Å². The molecule has 0 spiro atoms. The molecule has 0 fully saturated rings. The van der Waals surface area contributed by atoms with Gasteiger partial charge in [-0.25, -0.2) is 8.42 Å². The van der Waals surface area contributed by atoms with E-state index in [9.17, 15) is 18.0 Å². The van der Waals surface area contributed by atoms with Gasteiger partial charge in [-0.2, -0.15) is 0 Å². The summed E-state index contributed by atoms with van der Waals surface area (Å²) >= 11 is 13.1. The number of sulfonamides is 1. The van der Waals surface area contributed by atoms with Gasteiger partial charge in [0.25, 0.3) is 15.9 Å². The molecule has 0 saturated carbocycles. The molecule has 33 heavy (non-hydrogen) atoms. The van der Waals surface area contributed by atoms with Crippen LogP contribution in [0.2, 0.25) is 10.0 Å². The molecule has 2 amide bonds. The molecule has 1 heterocycles. The highest BCUT2D eigenvalue weighted by molar-refractivity contribution is 7.92. The number of anilines is 2. The minimum Gasteiger partial charge on any atom is -0.495 e. The van der Waals surface area contributed by atoms with Crippen LogP contribution < -0.4 is 20.1 Å². The van der Waals surface area contributed by atoms with Crippen molar-refractivity contribution in [3.63, 3.8) is 0 Å². The summed E-state index contributed by atoms with van der Waals surface area (Å²) < 4.78 is 33.2. The fraction of sp³-hybridized carbons (Fsp3) is 0.143. The predicted molar refractivity (Wildman–Crippen MR) is 130 cm³/mol. The SMILES string of the molecule is COc1ccc(NC(=O)CNC(=O)c2ccc(C)s2)cc1NS(=O)(=O)c1ccc(Cl)c(Cl)c1. The number of nitrogens with one attached hydrogen (secondary N) is 3. The van der Waals surface area contributed by atoms with Crippen molar-refractivity contribution in [2.24, 2.45) is 0 Å². The van der Waals surface area contributed by atoms with Gasteiger partial charge in [-0.15, -0.1) is 11.3 Å². The minimum atomic E-state index is -4.02. The number of hydrogen-bond donors (Lipinski definition) is 3. The van der Waals surface area contributed by atoms with Crippen LogP contribution in [0.25, 0.3) is 0 Å². The number of aryl methyl sites for hydroxylation is 1. The first-order valence-corrected chi connectivity index (χ1v) is 12.4. The molecular formula is C21H19Cl2N3O5S2. The van der Waals surface area contributed by atoms with Gasteiger partial charge in [0.1, 0.15) is 5.75 Å². The smallest absolute Gasteiger partial charge is 0.262 e. The fourth-order valence-corrected chi connectivity index (χ4v) is 4.96. The average Bonchev–Trinajstić information content (AvgIpc) is 3.20. The molecule has 2 aromatic carbocycles. The lowest BCUT2D eigenvalue weighted by atomic mass is 10.2. The van der Waals surface area contributed by atoms with Crippen LogP contribution in [0.3, 0.4) is 0 Å². The van der Waals surface area contributed by atoms with Gasteiger partial charge >= 0.3 is 0 Å². The molecule has 0 aliphatic rings. The summed E-state index contributed by atoms with van der Waals surface area (Å²) in [6, 6.07) is 11.8. The van der Waals surface area contributed by atoms with E-state index in [0.717, 1.165) is 4.88 Å². The summed E-state index contributed by atoms with van der Waals surface area (Å²) in [5, 5.41) is 5.46. The molecule has 3 aromatic rings. The van der Waals surface area contributed by atoms with Crippen molar-refractivity contribution in [3.8, 4) is 5.75 Å². The van der Waals surface area contributed by atoms with E-state index in [2.05, 4.69) is 15.4 Å². The second-order valence-corrected chi connectivity index (χ2v) is 10.5. The molecule has 0 unspecified atom stereocenters. The zero-order chi connectivity index (χ0) is 24.2. The molecule has 0 aliphatic carbocycles. The first-order valence-electron chi connectivity index (χ1n) is 9.39. The Bertz CT molecular complexity index is 1310. The second-order valence-electron chi connectivity index (χ2n) is 6.74. The normalized spacial score (nSPS) is 11.0. The van der Waals surface area contributed by atoms with Gasteiger partial charge in [0.05, 0.1) is 39.2 Å². The van der Waals surface area contributed by atoms with Gasteiger partial charge in [-0.05, 0) is 55.5 Å². The fourth-order valence-electron chi connectivity index (χ4n) is 2.72. The number of halogens is 2. The van der Waals surface area contributed by atoms with Crippen LogP contribution in [-0.4, -0.2) is 33.9 Å². The van der Waals surface area contributed by atoms with Crippen molar-refractivity contribution in [1.82, 2.24) is 5.32 Å². The van der Waals surface area contributed by atoms with E-state index in [1.165, 1.54) is 54.8 Å². The van der Waals surface area contributed by atoms with Crippen LogP contribution in [0.15, 0.2) is 53.4 Å². The van der Waals surface area contributed by atoms with Crippen molar-refractivity contribution >= 4 is 67.8 Å². The maximum Gasteiger partial charge on any atom is 0.262 e. The average molecular weight is 528 g/mol. The Morgan fingerprint density at radius 3 is 2.42 bits per heavy atom. The third kappa shape index (κ3) is 6.38. The molecule has 8 nitrogen and oxygen atoms in total. The summed E-state index contributed by atoms with van der Waals surface area (Å²) in [4.78, 5) is 25.8. The highest BCUT2D eigenvalue weighted by atomic mass is 35.5. The van der Waals surface area contributed by atoms with Crippen LogP contribution >= 0.6 is 34.5 Å². The third-order valence-corrected chi connectivity index (χ3v) is 7.40. The van der Waals surface area contributed by atoms with Gasteiger partial charge in [-0.3, -0.25) is 14.3 Å². The zero-order valence-electron chi connectivity index (χ0n) is 17.4. The van der Waals surface area contributed by atoms with Gasteiger partial charge in [0.15, 0.2) is 0 Å². The molecule has 0 saturated heterocycles. The minimum absolute atomic E-state index is 0.0901. The van der Waals surface area contributed by atoms with Gasteiger partial charge < -0.3 is 15.4 Å². The van der Waals surface area contributed by atoms with Gasteiger partial charge in [0.2, 0.25) is 5.91 Å². The molecule has 0 radical (unpaired) electrons. The van der Waals surface area contributed by atoms with E-state index in [-0.39, 0.29) is 38.8 Å². The lowest BCUT2D eigenvalue weighted by molar-refractivity contribution is -0.115. The summed E-state index contributed by atoms with van der Waals surface area (Å²) in [5.41, 5.74) is 0.397. The van der Waals surface area contributed by atoms with E-state index in [1.807, 2.05) is 13.0 Å². The number of ether oxygens (including phenoxy) is 1. The largest absolute Gasteiger partial charge is 0.495 e. The molecule has 12 heteroatoms. The summed E-state index contributed by atoms with van der Waals surface area (Å²) in [5.74, 6) is -0.605. The van der Waals surface area contributed by atoms with Crippen molar-refractivity contribution in [1.29, 1.82) is 0 Å². The Morgan fingerprint density at radius 2 is 1.79 bits per heavy atom. The Hall–Kier alpha value is -2.79. The standard InChI is InChI=1S/C21H19Cl2N3O5S2/c1-12-3-8-19(32-12)21(28)24-11-20(27)25-13-4-7-18(31-2)17(9-13)26-33(29,30)14-5-6-15(22)16(23)10-14/h3-10,26H,11H2,1-2H3,(H,24,28)(H,25,27). The Labute approximate surface area is 204 Å². The Balaban J connectivity index is 1.71. The molecule has 0 aliphatic heterocycles. The lowest BCUT2D eigenvalue weighted by Crippen LogP contribution is -2.32. The van der Waals surface area contributed by atoms with Gasteiger partial charge in [0, 0.05) is 10.6 Å². The second kappa shape index (κ2) is 10.4. The predicted octanol–water partition coefficient (Wildman–Crippen LogP) is 4.54. The summed E-state index contributed by atoms with van der Waals surface area (Å²) in [6.45, 7) is 1.62. The van der Waals surface area contributed by atoms with Crippen molar-refractivity contribution in [2.75, 3.05) is 23.7 Å². The van der Waals surface area contributed by atoms with Crippen LogP contribution in [0, 0.1) is 6.92 Å². The summed E-state index contributed by atoms with van der Waals surface area (Å²) in [6.07, 6.45) is 0. The monoisotopic (exact) mass is 527 g/mol. The van der Waals surface area contributed by atoms with Crippen molar-refractivity contribution in [3.05, 3.63) is 68.3 Å². The van der Waals surface area contributed by atoms with E-state index < -0.39 is 15.9 Å². The zero-order valence-corrected chi connectivity index (χ0v) is 20.6. The molecule has 0 bridgehead atoms. The first kappa shape index (κ1) is 24.8. The molecule has 3 rings (SSSR count). The number of benzene rings is 2. The third-order valence-electron chi connectivity index (χ3n) is 4.30. The number of rotatable bonds is 8. The van der Waals surface area contributed by atoms with Crippen LogP contribution in [0.5, 0.6) is 5.75 Å². The van der Waals surface area contributed by atoms with Crippen LogP contribution in [0.1, 0.15) is 14.5 Å². The van der Waals surface area contributed by atoms with Crippen LogP contribution in [-0.2, 0) is 14.8 Å². The van der Waals surface area contributed by atoms with E-state index in [4.69, 9.17) is 27.9 Å². The highest BCUT2D eigenvalue weighted by Gasteiger charge is 2.19. The number of amides is 2. The molecule has 3 N–H and O–H groups in total. The number of carbonyl (C=O) groups is 2. The van der Waals surface area contributed by atoms with E-state index in [1.54, 1.807) is 6.07 Å². The highest BCUT2D eigenvalue weighted by Crippen LogP contribution is 2.31. The summed E-state index contributed by atoms with van der Waals surface area (Å²) in [7, 11) is -2.64. The number of hydrogen-bond acceptors (Lipinski definition) is 6.